The molecule has 0 atom stereocenters. The van der Waals surface area contributed by atoms with Crippen LogP contribution < -0.4 is 5.32 Å². The lowest BCUT2D eigenvalue weighted by Gasteiger charge is -2.03. The van der Waals surface area contributed by atoms with E-state index in [2.05, 4.69) is 15.3 Å². The molecule has 0 radical (unpaired) electrons. The van der Waals surface area contributed by atoms with Gasteiger partial charge in [-0.25, -0.2) is 9.37 Å². The van der Waals surface area contributed by atoms with Gasteiger partial charge in [0.05, 0.1) is 17.3 Å². The van der Waals surface area contributed by atoms with Crippen LogP contribution >= 0.6 is 0 Å². The van der Waals surface area contributed by atoms with Crippen LogP contribution in [0.1, 0.15) is 15.9 Å². The Bertz CT molecular complexity index is 619. The maximum Gasteiger partial charge on any atom is 0.258 e. The van der Waals surface area contributed by atoms with Gasteiger partial charge < -0.3 is 5.32 Å². The summed E-state index contributed by atoms with van der Waals surface area (Å²) in [6.45, 7) is 0. The normalized spacial score (nSPS) is 9.56. The van der Waals surface area contributed by atoms with Crippen molar-refractivity contribution in [2.75, 3.05) is 5.32 Å². The molecule has 0 aliphatic carbocycles. The minimum absolute atomic E-state index is 0.0983. The highest BCUT2D eigenvalue weighted by atomic mass is 19.1. The average Bonchev–Trinajstić information content (AvgIpc) is 2.39. The van der Waals surface area contributed by atoms with Crippen LogP contribution in [0.5, 0.6) is 0 Å². The first-order valence-corrected chi connectivity index (χ1v) is 4.97. The van der Waals surface area contributed by atoms with Crippen LogP contribution in [0.25, 0.3) is 0 Å². The van der Waals surface area contributed by atoms with Gasteiger partial charge in [0.1, 0.15) is 17.7 Å². The molecule has 2 rings (SSSR count). The molecule has 88 valence electrons. The zero-order valence-electron chi connectivity index (χ0n) is 9.09. The number of rotatable bonds is 2. The molecule has 0 saturated carbocycles. The van der Waals surface area contributed by atoms with Gasteiger partial charge in [0.15, 0.2) is 0 Å². The molecule has 6 heteroatoms. The van der Waals surface area contributed by atoms with Crippen molar-refractivity contribution in [2.24, 2.45) is 0 Å². The first-order chi connectivity index (χ1) is 8.69. The van der Waals surface area contributed by atoms with Crippen LogP contribution in [-0.2, 0) is 0 Å². The molecule has 0 fully saturated rings. The van der Waals surface area contributed by atoms with Gasteiger partial charge in [-0.15, -0.1) is 0 Å². The number of halogens is 1. The number of pyridine rings is 2. The second kappa shape index (κ2) is 5.01. The molecule has 0 aliphatic rings. The minimum atomic E-state index is -0.588. The largest absolute Gasteiger partial charge is 0.307 e. The van der Waals surface area contributed by atoms with E-state index in [1.807, 2.05) is 6.07 Å². The van der Waals surface area contributed by atoms with E-state index in [9.17, 15) is 9.18 Å². The van der Waals surface area contributed by atoms with Crippen LogP contribution in [-0.4, -0.2) is 15.9 Å². The Morgan fingerprint density at radius 2 is 2.17 bits per heavy atom. The number of amides is 1. The molecule has 1 amide bonds. The smallest absolute Gasteiger partial charge is 0.258 e. The molecule has 2 heterocycles. The van der Waals surface area contributed by atoms with E-state index in [0.29, 0.717) is 5.56 Å². The van der Waals surface area contributed by atoms with Crippen molar-refractivity contribution < 1.29 is 9.18 Å². The molecule has 0 unspecified atom stereocenters. The lowest BCUT2D eigenvalue weighted by Crippen LogP contribution is -2.13. The SMILES string of the molecule is N#Cc1ccc(NC(=O)c2cncc(F)c2)nc1. The summed E-state index contributed by atoms with van der Waals surface area (Å²) in [4.78, 5) is 19.1. The fourth-order valence-electron chi connectivity index (χ4n) is 1.26. The first-order valence-electron chi connectivity index (χ1n) is 4.97. The number of hydrogen-bond acceptors (Lipinski definition) is 4. The Morgan fingerprint density at radius 1 is 1.33 bits per heavy atom. The first kappa shape index (κ1) is 11.7. The summed E-state index contributed by atoms with van der Waals surface area (Å²) in [7, 11) is 0. The lowest BCUT2D eigenvalue weighted by atomic mass is 10.2. The van der Waals surface area contributed by atoms with E-state index < -0.39 is 11.7 Å². The van der Waals surface area contributed by atoms with E-state index in [-0.39, 0.29) is 11.4 Å². The van der Waals surface area contributed by atoms with Crippen LogP contribution in [0.2, 0.25) is 0 Å². The van der Waals surface area contributed by atoms with Crippen molar-refractivity contribution in [3.05, 3.63) is 53.7 Å². The molecule has 5 nitrogen and oxygen atoms in total. The number of anilines is 1. The van der Waals surface area contributed by atoms with Crippen LogP contribution in [0.15, 0.2) is 36.8 Å². The Kier molecular flexibility index (Phi) is 3.25. The summed E-state index contributed by atoms with van der Waals surface area (Å²) in [6, 6.07) is 6.00. The number of carbonyl (C=O) groups excluding carboxylic acids is 1. The van der Waals surface area contributed by atoms with Crippen molar-refractivity contribution in [1.29, 1.82) is 5.26 Å². The second-order valence-corrected chi connectivity index (χ2v) is 3.39. The fourth-order valence-corrected chi connectivity index (χ4v) is 1.26. The second-order valence-electron chi connectivity index (χ2n) is 3.39. The molecule has 0 spiro atoms. The zero-order valence-corrected chi connectivity index (χ0v) is 9.09. The maximum absolute atomic E-state index is 12.9. The van der Waals surface area contributed by atoms with Gasteiger partial charge in [-0.1, -0.05) is 0 Å². The van der Waals surface area contributed by atoms with E-state index >= 15 is 0 Å². The summed E-state index contributed by atoms with van der Waals surface area (Å²) in [5.74, 6) is -0.821. The molecule has 18 heavy (non-hydrogen) atoms. The topological polar surface area (TPSA) is 78.7 Å². The van der Waals surface area contributed by atoms with Gasteiger partial charge in [-0.3, -0.25) is 9.78 Å². The predicted molar refractivity (Wildman–Crippen MR) is 61.1 cm³/mol. The molecular formula is C12H7FN4O. The van der Waals surface area contributed by atoms with Gasteiger partial charge in [0.2, 0.25) is 0 Å². The van der Waals surface area contributed by atoms with Crippen LogP contribution in [0.4, 0.5) is 10.2 Å². The van der Waals surface area contributed by atoms with Crippen molar-refractivity contribution >= 4 is 11.7 Å². The van der Waals surface area contributed by atoms with Crippen molar-refractivity contribution in [1.82, 2.24) is 9.97 Å². The number of aromatic nitrogens is 2. The van der Waals surface area contributed by atoms with E-state index in [1.54, 1.807) is 0 Å². The molecule has 0 aromatic carbocycles. The number of nitriles is 1. The Hall–Kier alpha value is -2.81. The van der Waals surface area contributed by atoms with E-state index in [4.69, 9.17) is 5.26 Å². The molecule has 1 N–H and O–H groups in total. The molecule has 2 aromatic rings. The third-order valence-electron chi connectivity index (χ3n) is 2.10. The molecule has 0 bridgehead atoms. The van der Waals surface area contributed by atoms with E-state index in [0.717, 1.165) is 12.3 Å². The molecular weight excluding hydrogens is 235 g/mol. The number of nitrogens with zero attached hydrogens (tertiary/aromatic N) is 3. The quantitative estimate of drug-likeness (QED) is 0.869. The molecule has 2 aromatic heterocycles. The predicted octanol–water partition coefficient (Wildman–Crippen LogP) is 1.74. The summed E-state index contributed by atoms with van der Waals surface area (Å²) in [5, 5.41) is 11.1. The number of hydrogen-bond donors (Lipinski definition) is 1. The summed E-state index contributed by atoms with van der Waals surface area (Å²) in [5.41, 5.74) is 0.488. The fraction of sp³-hybridized carbons (Fsp3) is 0. The zero-order chi connectivity index (χ0) is 13.0. The van der Waals surface area contributed by atoms with E-state index in [1.165, 1.54) is 24.5 Å². The monoisotopic (exact) mass is 242 g/mol. The Morgan fingerprint density at radius 3 is 2.78 bits per heavy atom. The summed E-state index contributed by atoms with van der Waals surface area (Å²) >= 11 is 0. The maximum atomic E-state index is 12.9. The number of nitrogens with one attached hydrogen (secondary N) is 1. The third kappa shape index (κ3) is 2.65. The minimum Gasteiger partial charge on any atom is -0.307 e. The highest BCUT2D eigenvalue weighted by Crippen LogP contribution is 2.07. The van der Waals surface area contributed by atoms with Crippen molar-refractivity contribution in [3.8, 4) is 6.07 Å². The standard InChI is InChI=1S/C12H7FN4O/c13-10-3-9(6-15-7-10)12(18)17-11-2-1-8(4-14)5-16-11/h1-3,5-7H,(H,16,17,18). The van der Waals surface area contributed by atoms with Gasteiger partial charge in [0, 0.05) is 12.4 Å². The lowest BCUT2D eigenvalue weighted by molar-refractivity contribution is 0.102. The Balaban J connectivity index is 2.14. The highest BCUT2D eigenvalue weighted by Gasteiger charge is 2.08. The molecule has 0 saturated heterocycles. The average molecular weight is 242 g/mol. The van der Waals surface area contributed by atoms with Gasteiger partial charge in [-0.2, -0.15) is 5.26 Å². The van der Waals surface area contributed by atoms with Gasteiger partial charge in [0.25, 0.3) is 5.91 Å². The van der Waals surface area contributed by atoms with Crippen LogP contribution in [0.3, 0.4) is 0 Å². The van der Waals surface area contributed by atoms with Crippen molar-refractivity contribution in [2.45, 2.75) is 0 Å². The van der Waals surface area contributed by atoms with Crippen molar-refractivity contribution in [3.63, 3.8) is 0 Å². The highest BCUT2D eigenvalue weighted by molar-refractivity contribution is 6.03. The van der Waals surface area contributed by atoms with Crippen LogP contribution in [0, 0.1) is 17.1 Å². The Labute approximate surface area is 102 Å². The third-order valence-corrected chi connectivity index (χ3v) is 2.10. The summed E-state index contributed by atoms with van der Waals surface area (Å²) < 4.78 is 12.9. The molecule has 0 aliphatic heterocycles. The van der Waals surface area contributed by atoms with Gasteiger partial charge >= 0.3 is 0 Å². The summed E-state index contributed by atoms with van der Waals surface area (Å²) in [6.07, 6.45) is 3.60. The van der Waals surface area contributed by atoms with Gasteiger partial charge in [-0.05, 0) is 18.2 Å². The number of carbonyl (C=O) groups is 1.